The van der Waals surface area contributed by atoms with E-state index in [1.54, 1.807) is 0 Å². The third kappa shape index (κ3) is 60.1. The second-order valence-corrected chi connectivity index (χ2v) is 21.7. The molecule has 1 unspecified atom stereocenters. The maximum Gasteiger partial charge on any atom is 0.306 e. The first kappa shape index (κ1) is 70.4. The van der Waals surface area contributed by atoms with Crippen LogP contribution in [0.5, 0.6) is 0 Å². The number of carbonyl (C=O) groups is 3. The van der Waals surface area contributed by atoms with Crippen LogP contribution in [0.25, 0.3) is 0 Å². The summed E-state index contributed by atoms with van der Waals surface area (Å²) < 4.78 is 16.9. The van der Waals surface area contributed by atoms with Gasteiger partial charge in [-0.3, -0.25) is 14.4 Å². The second-order valence-electron chi connectivity index (χ2n) is 21.7. The molecule has 0 aliphatic carbocycles. The molecule has 1 atom stereocenters. The van der Waals surface area contributed by atoms with E-state index in [2.05, 4.69) is 69.4 Å². The number of allylic oxidation sites excluding steroid dienone is 8. The minimum atomic E-state index is -0.772. The van der Waals surface area contributed by atoms with Gasteiger partial charge in [0.15, 0.2) is 6.10 Å². The van der Waals surface area contributed by atoms with E-state index in [0.29, 0.717) is 19.3 Å². The molecule has 6 nitrogen and oxygen atoms in total. The molecule has 0 heterocycles. The minimum Gasteiger partial charge on any atom is -0.462 e. The molecule has 0 fully saturated rings. The lowest BCUT2D eigenvalue weighted by molar-refractivity contribution is -0.167. The number of esters is 3. The monoisotopic (exact) mass is 1020 g/mol. The van der Waals surface area contributed by atoms with Gasteiger partial charge in [-0.1, -0.05) is 288 Å². The molecule has 0 aliphatic heterocycles. The Labute approximate surface area is 454 Å². The highest BCUT2D eigenvalue weighted by Crippen LogP contribution is 2.17. The van der Waals surface area contributed by atoms with Crippen molar-refractivity contribution in [2.24, 2.45) is 0 Å². The van der Waals surface area contributed by atoms with Gasteiger partial charge in [-0.2, -0.15) is 0 Å². The Balaban J connectivity index is 4.11. The second kappa shape index (κ2) is 61.9. The van der Waals surface area contributed by atoms with Crippen LogP contribution in [0.1, 0.15) is 342 Å². The molecule has 0 bridgehead atoms. The van der Waals surface area contributed by atoms with Crippen LogP contribution in [0.4, 0.5) is 0 Å². The summed E-state index contributed by atoms with van der Waals surface area (Å²) in [5, 5.41) is 0. The average Bonchev–Trinajstić information content (AvgIpc) is 3.39. The van der Waals surface area contributed by atoms with Crippen LogP contribution in [0, 0.1) is 0 Å². The zero-order valence-corrected chi connectivity index (χ0v) is 48.9. The Morgan fingerprint density at radius 2 is 0.493 bits per heavy atom. The summed E-state index contributed by atoms with van der Waals surface area (Å²) in [5.41, 5.74) is 0. The zero-order chi connectivity index (χ0) is 52.9. The molecule has 0 aromatic rings. The molecule has 0 aromatic carbocycles. The SMILES string of the molecule is CCCCCCC/C=C\C/C=C\C/C=C\CCCCCCCCCCCCCCCCC(=O)OCC(COC(=O)CCCCCCCCCC)OC(=O)CCCCCCCCC/C=C\CCCCCCCCC. The smallest absolute Gasteiger partial charge is 0.306 e. The molecular weight excluding hydrogens is 901 g/mol. The Morgan fingerprint density at radius 3 is 0.781 bits per heavy atom. The van der Waals surface area contributed by atoms with E-state index >= 15 is 0 Å². The third-order valence-electron chi connectivity index (χ3n) is 14.3. The Bertz CT molecular complexity index is 1270. The summed E-state index contributed by atoms with van der Waals surface area (Å²) in [7, 11) is 0. The van der Waals surface area contributed by atoms with Crippen molar-refractivity contribution < 1.29 is 28.6 Å². The lowest BCUT2D eigenvalue weighted by Gasteiger charge is -2.18. The van der Waals surface area contributed by atoms with Gasteiger partial charge in [0.05, 0.1) is 0 Å². The summed E-state index contributed by atoms with van der Waals surface area (Å²) in [6.45, 7) is 6.63. The van der Waals surface area contributed by atoms with Gasteiger partial charge >= 0.3 is 17.9 Å². The number of unbranched alkanes of at least 4 members (excludes halogenated alkanes) is 40. The van der Waals surface area contributed by atoms with E-state index in [-0.39, 0.29) is 31.1 Å². The van der Waals surface area contributed by atoms with Gasteiger partial charge in [0.2, 0.25) is 0 Å². The molecular formula is C67H122O6. The first-order valence-electron chi connectivity index (χ1n) is 32.1. The fraction of sp³-hybridized carbons (Fsp3) is 0.836. The van der Waals surface area contributed by atoms with Crippen LogP contribution in [0.15, 0.2) is 48.6 Å². The van der Waals surface area contributed by atoms with Crippen molar-refractivity contribution >= 4 is 17.9 Å². The molecule has 426 valence electrons. The predicted octanol–water partition coefficient (Wildman–Crippen LogP) is 21.8. The first-order chi connectivity index (χ1) is 36.0. The Morgan fingerprint density at radius 1 is 0.274 bits per heavy atom. The molecule has 0 aromatic heterocycles. The first-order valence-corrected chi connectivity index (χ1v) is 32.1. The van der Waals surface area contributed by atoms with E-state index in [1.165, 1.54) is 231 Å². The van der Waals surface area contributed by atoms with Crippen LogP contribution >= 0.6 is 0 Å². The number of ether oxygens (including phenoxy) is 3. The molecule has 0 saturated heterocycles. The molecule has 0 aliphatic rings. The average molecular weight is 1020 g/mol. The number of hydrogen-bond acceptors (Lipinski definition) is 6. The van der Waals surface area contributed by atoms with Crippen molar-refractivity contribution in [3.8, 4) is 0 Å². The highest BCUT2D eigenvalue weighted by atomic mass is 16.6. The number of hydrogen-bond donors (Lipinski definition) is 0. The Hall–Kier alpha value is -2.63. The zero-order valence-electron chi connectivity index (χ0n) is 48.9. The van der Waals surface area contributed by atoms with Gasteiger partial charge in [-0.05, 0) is 83.5 Å². The highest BCUT2D eigenvalue weighted by Gasteiger charge is 2.19. The van der Waals surface area contributed by atoms with E-state index in [9.17, 15) is 14.4 Å². The standard InChI is InChI=1S/C67H122O6/c1-4-7-10-13-16-19-21-23-25-27-29-30-31-32-33-34-35-36-37-38-39-41-42-44-46-48-51-54-57-60-66(69)72-63-64(62-71-65(68)59-56-53-50-18-15-12-9-6-3)73-67(70)61-58-55-52-49-47-45-43-40-28-26-24-22-20-17-14-11-8-5-2/h21,23,26-29,31-32,64H,4-20,22,24-25,30,33-63H2,1-3H3/b23-21-,28-26-,29-27-,32-31-. The van der Waals surface area contributed by atoms with Crippen LogP contribution < -0.4 is 0 Å². The van der Waals surface area contributed by atoms with Crippen LogP contribution in [0.3, 0.4) is 0 Å². The largest absolute Gasteiger partial charge is 0.462 e. The fourth-order valence-corrected chi connectivity index (χ4v) is 9.45. The molecule has 0 N–H and O–H groups in total. The van der Waals surface area contributed by atoms with Crippen molar-refractivity contribution in [2.45, 2.75) is 348 Å². The molecule has 0 rings (SSSR count). The minimum absolute atomic E-state index is 0.0714. The molecule has 73 heavy (non-hydrogen) atoms. The molecule has 0 saturated carbocycles. The lowest BCUT2D eigenvalue weighted by atomic mass is 10.0. The fourth-order valence-electron chi connectivity index (χ4n) is 9.45. The molecule has 6 heteroatoms. The quantitative estimate of drug-likeness (QED) is 0.0261. The topological polar surface area (TPSA) is 78.9 Å². The van der Waals surface area contributed by atoms with E-state index in [1.807, 2.05) is 0 Å². The molecule has 0 amide bonds. The summed E-state index contributed by atoms with van der Waals surface area (Å²) in [6, 6.07) is 0. The van der Waals surface area contributed by atoms with Gasteiger partial charge in [-0.25, -0.2) is 0 Å². The summed E-state index contributed by atoms with van der Waals surface area (Å²) in [4.78, 5) is 38.1. The number of carbonyl (C=O) groups excluding carboxylic acids is 3. The molecule has 0 spiro atoms. The van der Waals surface area contributed by atoms with Crippen molar-refractivity contribution in [3.63, 3.8) is 0 Å². The normalized spacial score (nSPS) is 12.3. The Kier molecular flexibility index (Phi) is 59.7. The van der Waals surface area contributed by atoms with Crippen molar-refractivity contribution in [1.29, 1.82) is 0 Å². The van der Waals surface area contributed by atoms with Crippen LogP contribution in [0.2, 0.25) is 0 Å². The molecule has 0 radical (unpaired) electrons. The van der Waals surface area contributed by atoms with E-state index in [4.69, 9.17) is 14.2 Å². The number of rotatable bonds is 59. The maximum absolute atomic E-state index is 12.9. The van der Waals surface area contributed by atoms with Crippen molar-refractivity contribution in [1.82, 2.24) is 0 Å². The predicted molar refractivity (Wildman–Crippen MR) is 316 cm³/mol. The van der Waals surface area contributed by atoms with Crippen LogP contribution in [-0.2, 0) is 28.6 Å². The van der Waals surface area contributed by atoms with Crippen molar-refractivity contribution in [3.05, 3.63) is 48.6 Å². The maximum atomic E-state index is 12.9. The lowest BCUT2D eigenvalue weighted by Crippen LogP contribution is -2.30. The third-order valence-corrected chi connectivity index (χ3v) is 14.3. The highest BCUT2D eigenvalue weighted by molar-refractivity contribution is 5.71. The van der Waals surface area contributed by atoms with E-state index < -0.39 is 6.10 Å². The van der Waals surface area contributed by atoms with Gasteiger partial charge in [0.25, 0.3) is 0 Å². The summed E-state index contributed by atoms with van der Waals surface area (Å²) in [6.07, 6.45) is 77.1. The van der Waals surface area contributed by atoms with Gasteiger partial charge in [0.1, 0.15) is 13.2 Å². The van der Waals surface area contributed by atoms with Crippen molar-refractivity contribution in [2.75, 3.05) is 13.2 Å². The van der Waals surface area contributed by atoms with Gasteiger partial charge in [0, 0.05) is 19.3 Å². The van der Waals surface area contributed by atoms with E-state index in [0.717, 1.165) is 70.6 Å². The van der Waals surface area contributed by atoms with Crippen LogP contribution in [-0.4, -0.2) is 37.2 Å². The summed E-state index contributed by atoms with van der Waals surface area (Å²) >= 11 is 0. The van der Waals surface area contributed by atoms with Gasteiger partial charge in [-0.15, -0.1) is 0 Å². The summed E-state index contributed by atoms with van der Waals surface area (Å²) in [5.74, 6) is -0.863. The van der Waals surface area contributed by atoms with Gasteiger partial charge < -0.3 is 14.2 Å².